The molecule has 0 saturated carbocycles. The number of hydrogen-bond acceptors (Lipinski definition) is 1. The molecule has 0 heterocycles. The number of aliphatic hydroxyl groups is 1. The minimum absolute atomic E-state index is 0.0919. The first kappa shape index (κ1) is 14.0. The molecule has 0 bridgehead atoms. The molecule has 0 amide bonds. The van der Waals surface area contributed by atoms with Crippen molar-refractivity contribution in [3.63, 3.8) is 0 Å². The predicted molar refractivity (Wildman–Crippen MR) is 71.2 cm³/mol. The molecule has 0 aromatic heterocycles. The molecule has 2 aromatic carbocycles. The van der Waals surface area contributed by atoms with Crippen LogP contribution in [-0.4, -0.2) is 5.11 Å². The number of aryl methyl sites for hydroxylation is 1. The molecular weight excluding hydrogens is 270 g/mol. The van der Waals surface area contributed by atoms with Crippen molar-refractivity contribution in [1.82, 2.24) is 0 Å². The topological polar surface area (TPSA) is 20.2 Å². The zero-order valence-corrected chi connectivity index (χ0v) is 11.1. The van der Waals surface area contributed by atoms with Gasteiger partial charge in [-0.3, -0.25) is 0 Å². The van der Waals surface area contributed by atoms with Crippen LogP contribution in [0.4, 0.5) is 8.78 Å². The third-order valence-corrected chi connectivity index (χ3v) is 3.25. The van der Waals surface area contributed by atoms with Gasteiger partial charge in [-0.1, -0.05) is 23.7 Å². The van der Waals surface area contributed by atoms with Crippen LogP contribution in [-0.2, 0) is 6.42 Å². The minimum atomic E-state index is -0.850. The summed E-state index contributed by atoms with van der Waals surface area (Å²) in [7, 11) is 0. The fraction of sp³-hybridized carbons (Fsp3) is 0.200. The normalized spacial score (nSPS) is 12.5. The van der Waals surface area contributed by atoms with E-state index in [0.717, 1.165) is 11.6 Å². The molecule has 4 heteroatoms. The zero-order valence-electron chi connectivity index (χ0n) is 10.3. The first-order chi connectivity index (χ1) is 8.97. The molecule has 0 aliphatic carbocycles. The second-order valence-electron chi connectivity index (χ2n) is 4.46. The summed E-state index contributed by atoms with van der Waals surface area (Å²) in [6, 6.07) is 8.47. The van der Waals surface area contributed by atoms with Crippen LogP contribution in [0, 0.1) is 18.6 Å². The van der Waals surface area contributed by atoms with E-state index >= 15 is 0 Å². The van der Waals surface area contributed by atoms with Gasteiger partial charge in [0.2, 0.25) is 0 Å². The summed E-state index contributed by atoms with van der Waals surface area (Å²) >= 11 is 5.84. The van der Waals surface area contributed by atoms with Gasteiger partial charge in [-0.05, 0) is 41.8 Å². The van der Waals surface area contributed by atoms with Crippen LogP contribution in [0.5, 0.6) is 0 Å². The number of benzene rings is 2. The van der Waals surface area contributed by atoms with Gasteiger partial charge in [0.15, 0.2) is 0 Å². The van der Waals surface area contributed by atoms with E-state index in [1.165, 1.54) is 12.1 Å². The van der Waals surface area contributed by atoms with Gasteiger partial charge in [-0.15, -0.1) is 0 Å². The molecule has 0 saturated heterocycles. The fourth-order valence-electron chi connectivity index (χ4n) is 2.02. The molecule has 0 radical (unpaired) electrons. The monoisotopic (exact) mass is 282 g/mol. The molecule has 2 rings (SSSR count). The Morgan fingerprint density at radius 1 is 1.16 bits per heavy atom. The van der Waals surface area contributed by atoms with E-state index in [1.807, 2.05) is 6.92 Å². The van der Waals surface area contributed by atoms with Crippen molar-refractivity contribution in [2.24, 2.45) is 0 Å². The van der Waals surface area contributed by atoms with Crippen molar-refractivity contribution in [1.29, 1.82) is 0 Å². The summed E-state index contributed by atoms with van der Waals surface area (Å²) in [6.07, 6.45) is -0.758. The lowest BCUT2D eigenvalue weighted by Crippen LogP contribution is -2.05. The van der Waals surface area contributed by atoms with Crippen molar-refractivity contribution in [3.05, 3.63) is 69.7 Å². The Balaban J connectivity index is 2.23. The van der Waals surface area contributed by atoms with E-state index in [9.17, 15) is 13.9 Å². The van der Waals surface area contributed by atoms with E-state index in [1.54, 1.807) is 18.2 Å². The van der Waals surface area contributed by atoms with Crippen LogP contribution in [0.2, 0.25) is 5.02 Å². The predicted octanol–water partition coefficient (Wildman–Crippen LogP) is 4.20. The molecule has 1 nitrogen and oxygen atoms in total. The van der Waals surface area contributed by atoms with Crippen LogP contribution in [0.25, 0.3) is 0 Å². The molecule has 2 aromatic rings. The molecule has 0 aliphatic heterocycles. The van der Waals surface area contributed by atoms with Gasteiger partial charge in [-0.2, -0.15) is 0 Å². The fourth-order valence-corrected chi connectivity index (χ4v) is 2.25. The van der Waals surface area contributed by atoms with E-state index in [4.69, 9.17) is 11.6 Å². The van der Waals surface area contributed by atoms with Gasteiger partial charge in [0.1, 0.15) is 11.6 Å². The third kappa shape index (κ3) is 3.31. The molecule has 100 valence electrons. The smallest absolute Gasteiger partial charge is 0.129 e. The highest BCUT2D eigenvalue weighted by Gasteiger charge is 2.14. The van der Waals surface area contributed by atoms with Crippen molar-refractivity contribution >= 4 is 11.6 Å². The van der Waals surface area contributed by atoms with Crippen LogP contribution in [0.3, 0.4) is 0 Å². The van der Waals surface area contributed by atoms with E-state index in [2.05, 4.69) is 0 Å². The molecule has 1 atom stereocenters. The molecule has 0 fully saturated rings. The van der Waals surface area contributed by atoms with Gasteiger partial charge in [0.05, 0.1) is 6.10 Å². The van der Waals surface area contributed by atoms with Crippen molar-refractivity contribution in [3.8, 4) is 0 Å². The number of halogens is 3. The molecular formula is C15H13ClF2O. The highest BCUT2D eigenvalue weighted by molar-refractivity contribution is 6.30. The molecule has 1 unspecified atom stereocenters. The van der Waals surface area contributed by atoms with Crippen LogP contribution in [0.1, 0.15) is 22.8 Å². The number of aliphatic hydroxyl groups excluding tert-OH is 1. The first-order valence-corrected chi connectivity index (χ1v) is 6.23. The van der Waals surface area contributed by atoms with Crippen LogP contribution < -0.4 is 0 Å². The summed E-state index contributed by atoms with van der Waals surface area (Å²) in [5.74, 6) is -1.27. The maximum Gasteiger partial charge on any atom is 0.129 e. The van der Waals surface area contributed by atoms with Gasteiger partial charge < -0.3 is 5.11 Å². The standard InChI is InChI=1S/C15H13ClF2O/c1-9-6-11(16)3-5-13(9)15(19)7-10-2-4-12(17)8-14(10)18/h2-6,8,15,19H,7H2,1H3. The Kier molecular flexibility index (Phi) is 4.17. The summed E-state index contributed by atoms with van der Waals surface area (Å²) in [6.45, 7) is 1.82. The lowest BCUT2D eigenvalue weighted by molar-refractivity contribution is 0.176. The van der Waals surface area contributed by atoms with Crippen LogP contribution in [0.15, 0.2) is 36.4 Å². The Bertz CT molecular complexity index is 599. The SMILES string of the molecule is Cc1cc(Cl)ccc1C(O)Cc1ccc(F)cc1F. The maximum atomic E-state index is 13.5. The average Bonchev–Trinajstić information content (AvgIpc) is 2.32. The van der Waals surface area contributed by atoms with Gasteiger partial charge in [0, 0.05) is 17.5 Å². The lowest BCUT2D eigenvalue weighted by Gasteiger charge is -2.14. The average molecular weight is 283 g/mol. The van der Waals surface area contributed by atoms with Gasteiger partial charge >= 0.3 is 0 Å². The summed E-state index contributed by atoms with van der Waals surface area (Å²) in [5, 5.41) is 10.7. The number of rotatable bonds is 3. The molecule has 0 spiro atoms. The first-order valence-electron chi connectivity index (χ1n) is 5.85. The van der Waals surface area contributed by atoms with Crippen molar-refractivity contribution in [2.45, 2.75) is 19.4 Å². The zero-order chi connectivity index (χ0) is 14.0. The summed E-state index contributed by atoms with van der Waals surface area (Å²) < 4.78 is 26.3. The largest absolute Gasteiger partial charge is 0.388 e. The Labute approximate surface area is 115 Å². The Morgan fingerprint density at radius 3 is 2.53 bits per heavy atom. The molecule has 0 aliphatic rings. The second-order valence-corrected chi connectivity index (χ2v) is 4.89. The van der Waals surface area contributed by atoms with Gasteiger partial charge in [-0.25, -0.2) is 8.78 Å². The lowest BCUT2D eigenvalue weighted by atomic mass is 9.97. The maximum absolute atomic E-state index is 13.5. The summed E-state index contributed by atoms with van der Waals surface area (Å²) in [5.41, 5.74) is 1.80. The molecule has 19 heavy (non-hydrogen) atoms. The van der Waals surface area contributed by atoms with Gasteiger partial charge in [0.25, 0.3) is 0 Å². The van der Waals surface area contributed by atoms with E-state index in [-0.39, 0.29) is 12.0 Å². The number of hydrogen-bond donors (Lipinski definition) is 1. The Hall–Kier alpha value is -1.45. The molecule has 1 N–H and O–H groups in total. The van der Waals surface area contributed by atoms with Crippen molar-refractivity contribution < 1.29 is 13.9 Å². The third-order valence-electron chi connectivity index (χ3n) is 3.02. The quantitative estimate of drug-likeness (QED) is 0.894. The van der Waals surface area contributed by atoms with E-state index in [0.29, 0.717) is 10.6 Å². The van der Waals surface area contributed by atoms with Crippen molar-refractivity contribution in [2.75, 3.05) is 0 Å². The van der Waals surface area contributed by atoms with Crippen LogP contribution >= 0.6 is 11.6 Å². The Morgan fingerprint density at radius 2 is 1.89 bits per heavy atom. The minimum Gasteiger partial charge on any atom is -0.388 e. The highest BCUT2D eigenvalue weighted by atomic mass is 35.5. The summed E-state index contributed by atoms with van der Waals surface area (Å²) in [4.78, 5) is 0. The second kappa shape index (κ2) is 5.68. The van der Waals surface area contributed by atoms with E-state index < -0.39 is 17.7 Å². The highest BCUT2D eigenvalue weighted by Crippen LogP contribution is 2.25.